The van der Waals surface area contributed by atoms with Crippen LogP contribution in [0, 0.1) is 0 Å². The molecule has 3 rings (SSSR count). The van der Waals surface area contributed by atoms with E-state index in [0.29, 0.717) is 5.92 Å². The molecule has 0 fully saturated rings. The van der Waals surface area contributed by atoms with E-state index in [-0.39, 0.29) is 0 Å². The largest absolute Gasteiger partial charge is 0.478 e. The Morgan fingerprint density at radius 3 is 2.71 bits per heavy atom. The Balaban J connectivity index is 0.000000177. The van der Waals surface area contributed by atoms with E-state index >= 15 is 0 Å². The predicted octanol–water partition coefficient (Wildman–Crippen LogP) is 4.37. The summed E-state index contributed by atoms with van der Waals surface area (Å²) in [4.78, 5) is 10.1. The summed E-state index contributed by atoms with van der Waals surface area (Å²) < 4.78 is 0. The molecule has 24 heavy (non-hydrogen) atoms. The van der Waals surface area contributed by atoms with Gasteiger partial charge in [-0.25, -0.2) is 4.79 Å². The van der Waals surface area contributed by atoms with Crippen molar-refractivity contribution in [2.45, 2.75) is 19.3 Å². The highest BCUT2D eigenvalue weighted by Crippen LogP contribution is 2.25. The summed E-state index contributed by atoms with van der Waals surface area (Å²) in [7, 11) is 0. The summed E-state index contributed by atoms with van der Waals surface area (Å²) >= 11 is 5.97. The number of fused-ring (bicyclic) bond motifs is 1. The fourth-order valence-electron chi connectivity index (χ4n) is 2.64. The quantitative estimate of drug-likeness (QED) is 0.796. The number of nitrogens with one attached hydrogen (secondary N) is 1. The molecule has 3 nitrogen and oxygen atoms in total. The summed E-state index contributed by atoms with van der Waals surface area (Å²) in [6, 6.07) is 15.5. The average molecular weight is 344 g/mol. The van der Waals surface area contributed by atoms with Crippen molar-refractivity contribution in [3.8, 4) is 0 Å². The van der Waals surface area contributed by atoms with Gasteiger partial charge in [0, 0.05) is 17.6 Å². The Kier molecular flexibility index (Phi) is 7.04. The van der Waals surface area contributed by atoms with Crippen molar-refractivity contribution in [1.82, 2.24) is 5.32 Å². The Labute approximate surface area is 148 Å². The topological polar surface area (TPSA) is 49.3 Å². The fraction of sp³-hybridized carbons (Fsp3) is 0.250. The molecular formula is C20H22ClNO2. The molecule has 4 heteroatoms. The number of halogens is 1. The molecule has 0 radical (unpaired) electrons. The van der Waals surface area contributed by atoms with E-state index in [4.69, 9.17) is 16.7 Å². The van der Waals surface area contributed by atoms with Gasteiger partial charge in [0.1, 0.15) is 0 Å². The van der Waals surface area contributed by atoms with Crippen LogP contribution in [-0.4, -0.2) is 24.2 Å². The molecule has 0 spiro atoms. The average Bonchev–Trinajstić information content (AvgIpc) is 2.76. The maximum atomic E-state index is 10.1. The minimum absolute atomic E-state index is 0.580. The van der Waals surface area contributed by atoms with E-state index in [1.54, 1.807) is 6.08 Å². The summed E-state index contributed by atoms with van der Waals surface area (Å²) in [5.41, 5.74) is 3.76. The molecular weight excluding hydrogens is 322 g/mol. The first-order valence-electron chi connectivity index (χ1n) is 8.01. The fourth-order valence-corrected chi connectivity index (χ4v) is 2.82. The van der Waals surface area contributed by atoms with E-state index in [1.807, 2.05) is 36.4 Å². The summed E-state index contributed by atoms with van der Waals surface area (Å²) in [6.45, 7) is 4.39. The molecule has 1 atom stereocenters. The zero-order valence-electron chi connectivity index (χ0n) is 13.7. The molecule has 0 amide bonds. The normalized spacial score (nSPS) is 16.7. The zero-order valence-corrected chi connectivity index (χ0v) is 14.5. The molecule has 1 heterocycles. The molecule has 126 valence electrons. The maximum Gasteiger partial charge on any atom is 0.328 e. The van der Waals surface area contributed by atoms with E-state index in [2.05, 4.69) is 24.4 Å². The minimum atomic E-state index is -0.922. The first kappa shape index (κ1) is 18.2. The lowest BCUT2D eigenvalue weighted by Gasteiger charge is -2.11. The van der Waals surface area contributed by atoms with Crippen LogP contribution in [0.15, 0.2) is 54.6 Å². The molecule has 2 aromatic carbocycles. The van der Waals surface area contributed by atoms with Crippen LogP contribution in [-0.2, 0) is 11.2 Å². The second-order valence-electron chi connectivity index (χ2n) is 5.78. The van der Waals surface area contributed by atoms with Gasteiger partial charge in [-0.3, -0.25) is 0 Å². The van der Waals surface area contributed by atoms with E-state index in [9.17, 15) is 4.79 Å². The van der Waals surface area contributed by atoms with Gasteiger partial charge in [-0.1, -0.05) is 54.9 Å². The second-order valence-corrected chi connectivity index (χ2v) is 6.22. The highest BCUT2D eigenvalue weighted by molar-refractivity contribution is 6.30. The van der Waals surface area contributed by atoms with Crippen molar-refractivity contribution in [1.29, 1.82) is 0 Å². The third kappa shape index (κ3) is 5.84. The summed E-state index contributed by atoms with van der Waals surface area (Å²) in [6.07, 6.45) is 3.80. The van der Waals surface area contributed by atoms with Crippen molar-refractivity contribution in [3.05, 3.63) is 76.3 Å². The predicted molar refractivity (Wildman–Crippen MR) is 99.6 cm³/mol. The van der Waals surface area contributed by atoms with Gasteiger partial charge in [0.15, 0.2) is 0 Å². The Morgan fingerprint density at radius 1 is 1.25 bits per heavy atom. The number of carboxylic acid groups (broad SMARTS) is 1. The number of rotatable bonds is 2. The van der Waals surface area contributed by atoms with Crippen LogP contribution in [0.2, 0.25) is 5.02 Å². The van der Waals surface area contributed by atoms with Crippen molar-refractivity contribution in [3.63, 3.8) is 0 Å². The first-order valence-corrected chi connectivity index (χ1v) is 8.39. The van der Waals surface area contributed by atoms with Gasteiger partial charge in [0.2, 0.25) is 0 Å². The Bertz CT molecular complexity index is 698. The van der Waals surface area contributed by atoms with Crippen molar-refractivity contribution < 1.29 is 9.90 Å². The molecule has 2 N–H and O–H groups in total. The summed E-state index contributed by atoms with van der Waals surface area (Å²) in [5, 5.41) is 12.6. The SMILES string of the molecule is C[C@H]1CNCCc2ccc(Cl)cc21.O=C(O)C=Cc1ccccc1. The van der Waals surface area contributed by atoms with Crippen LogP contribution in [0.25, 0.3) is 6.08 Å². The first-order chi connectivity index (χ1) is 11.6. The van der Waals surface area contributed by atoms with E-state index in [0.717, 1.165) is 36.2 Å². The molecule has 1 aliphatic rings. The number of carboxylic acids is 1. The van der Waals surface area contributed by atoms with Gasteiger partial charge in [-0.05, 0) is 53.8 Å². The number of benzene rings is 2. The Morgan fingerprint density at radius 2 is 2.00 bits per heavy atom. The molecule has 0 saturated carbocycles. The minimum Gasteiger partial charge on any atom is -0.478 e. The second kappa shape index (κ2) is 9.26. The standard InChI is InChI=1S/C11H14ClN.C9H8O2/c1-8-7-13-5-4-9-2-3-10(12)6-11(8)9;10-9(11)7-6-8-4-2-1-3-5-8/h2-3,6,8,13H,4-5,7H2,1H3;1-7H,(H,10,11)/t8-;/m0./s1. The van der Waals surface area contributed by atoms with Crippen molar-refractivity contribution >= 4 is 23.6 Å². The highest BCUT2D eigenvalue weighted by atomic mass is 35.5. The highest BCUT2D eigenvalue weighted by Gasteiger charge is 2.13. The zero-order chi connectivity index (χ0) is 17.4. The van der Waals surface area contributed by atoms with E-state index in [1.165, 1.54) is 11.1 Å². The number of hydrogen-bond acceptors (Lipinski definition) is 2. The number of aliphatic carboxylic acids is 1. The number of hydrogen-bond donors (Lipinski definition) is 2. The molecule has 0 saturated heterocycles. The van der Waals surface area contributed by atoms with Crippen LogP contribution >= 0.6 is 11.6 Å². The molecule has 2 aromatic rings. The third-order valence-corrected chi connectivity index (χ3v) is 4.11. The monoisotopic (exact) mass is 343 g/mol. The molecule has 1 aliphatic heterocycles. The van der Waals surface area contributed by atoms with Crippen LogP contribution in [0.5, 0.6) is 0 Å². The van der Waals surface area contributed by atoms with Crippen LogP contribution < -0.4 is 5.32 Å². The van der Waals surface area contributed by atoms with Crippen LogP contribution in [0.4, 0.5) is 0 Å². The lowest BCUT2D eigenvalue weighted by Crippen LogP contribution is -2.18. The van der Waals surface area contributed by atoms with Gasteiger partial charge in [0.25, 0.3) is 0 Å². The van der Waals surface area contributed by atoms with Gasteiger partial charge in [-0.15, -0.1) is 0 Å². The molecule has 0 unspecified atom stereocenters. The van der Waals surface area contributed by atoms with Gasteiger partial charge in [-0.2, -0.15) is 0 Å². The lowest BCUT2D eigenvalue weighted by atomic mass is 9.96. The van der Waals surface area contributed by atoms with Gasteiger partial charge < -0.3 is 10.4 Å². The smallest absolute Gasteiger partial charge is 0.328 e. The van der Waals surface area contributed by atoms with Crippen molar-refractivity contribution in [2.75, 3.05) is 13.1 Å². The Hall–Kier alpha value is -2.10. The maximum absolute atomic E-state index is 10.1. The van der Waals surface area contributed by atoms with Crippen LogP contribution in [0.1, 0.15) is 29.5 Å². The van der Waals surface area contributed by atoms with Gasteiger partial charge in [0.05, 0.1) is 0 Å². The van der Waals surface area contributed by atoms with E-state index < -0.39 is 5.97 Å². The summed E-state index contributed by atoms with van der Waals surface area (Å²) in [5.74, 6) is -0.343. The lowest BCUT2D eigenvalue weighted by molar-refractivity contribution is -0.131. The molecule has 0 bridgehead atoms. The van der Waals surface area contributed by atoms with Crippen LogP contribution in [0.3, 0.4) is 0 Å². The number of carbonyl (C=O) groups is 1. The molecule has 0 aliphatic carbocycles. The van der Waals surface area contributed by atoms with Gasteiger partial charge >= 0.3 is 5.97 Å². The van der Waals surface area contributed by atoms with Crippen molar-refractivity contribution in [2.24, 2.45) is 0 Å². The molecule has 0 aromatic heterocycles. The third-order valence-electron chi connectivity index (χ3n) is 3.88.